The van der Waals surface area contributed by atoms with E-state index in [2.05, 4.69) is 17.1 Å². The predicted molar refractivity (Wildman–Crippen MR) is 71.7 cm³/mol. The van der Waals surface area contributed by atoms with Crippen LogP contribution in [0.15, 0.2) is 0 Å². The number of fused-ring (bicyclic) bond motifs is 2. The van der Waals surface area contributed by atoms with Gasteiger partial charge in [-0.1, -0.05) is 6.92 Å². The van der Waals surface area contributed by atoms with E-state index in [1.165, 1.54) is 12.8 Å². The summed E-state index contributed by atoms with van der Waals surface area (Å²) in [7, 11) is 0. The Kier molecular flexibility index (Phi) is 5.69. The third-order valence-electron chi connectivity index (χ3n) is 4.33. The Labute approximate surface area is 118 Å². The Morgan fingerprint density at radius 1 is 1.20 bits per heavy atom. The van der Waals surface area contributed by atoms with E-state index in [0.29, 0.717) is 24.7 Å². The van der Waals surface area contributed by atoms with Crippen LogP contribution >= 0.6 is 0 Å². The zero-order valence-corrected chi connectivity index (χ0v) is 12.1. The first-order chi connectivity index (χ1) is 9.49. The number of halogens is 3. The van der Waals surface area contributed by atoms with E-state index in [1.807, 2.05) is 0 Å². The molecule has 2 saturated heterocycles. The molecule has 0 radical (unpaired) electrons. The minimum Gasteiger partial charge on any atom is -0.371 e. The van der Waals surface area contributed by atoms with E-state index in [4.69, 9.17) is 4.74 Å². The number of piperidine rings is 1. The molecule has 2 rings (SSSR count). The van der Waals surface area contributed by atoms with Crippen molar-refractivity contribution in [2.45, 2.75) is 63.3 Å². The largest absolute Gasteiger partial charge is 0.411 e. The molecular weight excluding hydrogens is 269 g/mol. The third kappa shape index (κ3) is 4.60. The zero-order valence-electron chi connectivity index (χ0n) is 12.1. The van der Waals surface area contributed by atoms with Crippen molar-refractivity contribution < 1.29 is 17.9 Å². The quantitative estimate of drug-likeness (QED) is 0.730. The first kappa shape index (κ1) is 16.0. The monoisotopic (exact) mass is 294 g/mol. The van der Waals surface area contributed by atoms with Gasteiger partial charge in [-0.05, 0) is 38.6 Å². The lowest BCUT2D eigenvalue weighted by atomic mass is 9.97. The third-order valence-corrected chi connectivity index (χ3v) is 4.33. The van der Waals surface area contributed by atoms with E-state index < -0.39 is 12.8 Å². The number of rotatable bonds is 7. The van der Waals surface area contributed by atoms with Crippen molar-refractivity contribution in [3.05, 3.63) is 0 Å². The van der Waals surface area contributed by atoms with Gasteiger partial charge in [-0.25, -0.2) is 0 Å². The summed E-state index contributed by atoms with van der Waals surface area (Å²) < 4.78 is 40.8. The minimum atomic E-state index is -4.21. The highest BCUT2D eigenvalue weighted by molar-refractivity contribution is 4.97. The van der Waals surface area contributed by atoms with Crippen molar-refractivity contribution in [3.63, 3.8) is 0 Å². The van der Waals surface area contributed by atoms with Crippen molar-refractivity contribution >= 4 is 0 Å². The second-order valence-electron chi connectivity index (χ2n) is 5.91. The highest BCUT2D eigenvalue weighted by Gasteiger charge is 2.40. The van der Waals surface area contributed by atoms with E-state index in [9.17, 15) is 13.2 Å². The van der Waals surface area contributed by atoms with Gasteiger partial charge in [-0.3, -0.25) is 4.90 Å². The Morgan fingerprint density at radius 2 is 1.85 bits per heavy atom. The molecule has 3 nitrogen and oxygen atoms in total. The molecule has 0 aromatic rings. The van der Waals surface area contributed by atoms with Crippen LogP contribution in [0, 0.1) is 0 Å². The lowest BCUT2D eigenvalue weighted by molar-refractivity contribution is -0.175. The van der Waals surface area contributed by atoms with E-state index in [-0.39, 0.29) is 6.61 Å². The molecule has 2 unspecified atom stereocenters. The molecule has 2 aliphatic rings. The molecule has 2 bridgehead atoms. The summed E-state index contributed by atoms with van der Waals surface area (Å²) in [6.07, 6.45) is 1.52. The lowest BCUT2D eigenvalue weighted by Crippen LogP contribution is -2.50. The fourth-order valence-corrected chi connectivity index (χ4v) is 3.51. The van der Waals surface area contributed by atoms with Crippen LogP contribution in [0.1, 0.15) is 39.0 Å². The zero-order chi connectivity index (χ0) is 14.6. The maximum absolute atomic E-state index is 12.0. The Balaban J connectivity index is 1.70. The molecule has 1 N–H and O–H groups in total. The molecule has 20 heavy (non-hydrogen) atoms. The highest BCUT2D eigenvalue weighted by Crippen LogP contribution is 2.35. The molecule has 2 aliphatic heterocycles. The molecule has 2 heterocycles. The topological polar surface area (TPSA) is 24.5 Å². The van der Waals surface area contributed by atoms with Crippen LogP contribution in [0.2, 0.25) is 0 Å². The molecule has 118 valence electrons. The number of alkyl halides is 3. The molecule has 2 atom stereocenters. The maximum atomic E-state index is 12.0. The van der Waals surface area contributed by atoms with Crippen molar-refractivity contribution in [1.82, 2.24) is 10.2 Å². The Morgan fingerprint density at radius 3 is 2.40 bits per heavy atom. The summed E-state index contributed by atoms with van der Waals surface area (Å²) in [6.45, 7) is 2.90. The van der Waals surface area contributed by atoms with Crippen LogP contribution in [-0.2, 0) is 4.74 Å². The van der Waals surface area contributed by atoms with Gasteiger partial charge in [0.25, 0.3) is 0 Å². The fourth-order valence-electron chi connectivity index (χ4n) is 3.51. The molecule has 0 saturated carbocycles. The van der Waals surface area contributed by atoms with Crippen molar-refractivity contribution in [2.75, 3.05) is 26.3 Å². The smallest absolute Gasteiger partial charge is 0.371 e. The van der Waals surface area contributed by atoms with Crippen LogP contribution in [0.5, 0.6) is 0 Å². The van der Waals surface area contributed by atoms with Crippen molar-refractivity contribution in [3.8, 4) is 0 Å². The predicted octanol–water partition coefficient (Wildman–Crippen LogP) is 2.56. The average Bonchev–Trinajstić information content (AvgIpc) is 2.61. The summed E-state index contributed by atoms with van der Waals surface area (Å²) >= 11 is 0. The summed E-state index contributed by atoms with van der Waals surface area (Å²) in [5.41, 5.74) is 0. The summed E-state index contributed by atoms with van der Waals surface area (Å²) in [4.78, 5) is 2.36. The first-order valence-corrected chi connectivity index (χ1v) is 7.63. The highest BCUT2D eigenvalue weighted by atomic mass is 19.4. The molecule has 6 heteroatoms. The molecule has 0 aromatic carbocycles. The molecule has 0 spiro atoms. The number of nitrogens with one attached hydrogen (secondary N) is 1. The van der Waals surface area contributed by atoms with E-state index >= 15 is 0 Å². The summed E-state index contributed by atoms with van der Waals surface area (Å²) in [5.74, 6) is 0. The van der Waals surface area contributed by atoms with Gasteiger partial charge in [0.05, 0.1) is 6.61 Å². The number of ether oxygens (including phenoxy) is 1. The second kappa shape index (κ2) is 7.09. The van der Waals surface area contributed by atoms with Gasteiger partial charge in [0.15, 0.2) is 0 Å². The standard InChI is InChI=1S/C14H25F3N2O/c1-2-5-18-11-8-12-3-4-13(9-11)19(12)6-7-20-10-14(15,16)17/h11-13,18H,2-10H2,1H3. The number of hydrogen-bond donors (Lipinski definition) is 1. The van der Waals surface area contributed by atoms with Gasteiger partial charge < -0.3 is 10.1 Å². The Hall–Kier alpha value is -0.330. The van der Waals surface area contributed by atoms with Crippen molar-refractivity contribution in [2.24, 2.45) is 0 Å². The van der Waals surface area contributed by atoms with E-state index in [1.54, 1.807) is 0 Å². The second-order valence-corrected chi connectivity index (χ2v) is 5.91. The summed E-state index contributed by atoms with van der Waals surface area (Å²) in [5, 5.41) is 3.57. The van der Waals surface area contributed by atoms with Gasteiger partial charge in [0, 0.05) is 24.7 Å². The average molecular weight is 294 g/mol. The van der Waals surface area contributed by atoms with Crippen molar-refractivity contribution in [1.29, 1.82) is 0 Å². The molecule has 0 aromatic heterocycles. The van der Waals surface area contributed by atoms with Crippen LogP contribution in [0.3, 0.4) is 0 Å². The van der Waals surface area contributed by atoms with Gasteiger partial charge in [0.2, 0.25) is 0 Å². The van der Waals surface area contributed by atoms with Crippen LogP contribution in [0.25, 0.3) is 0 Å². The van der Waals surface area contributed by atoms with Crippen LogP contribution < -0.4 is 5.32 Å². The van der Waals surface area contributed by atoms with E-state index in [0.717, 1.165) is 25.8 Å². The molecule has 0 aliphatic carbocycles. The molecular formula is C14H25F3N2O. The fraction of sp³-hybridized carbons (Fsp3) is 1.00. The van der Waals surface area contributed by atoms with Crippen LogP contribution in [0.4, 0.5) is 13.2 Å². The van der Waals surface area contributed by atoms with Gasteiger partial charge in [-0.15, -0.1) is 0 Å². The number of nitrogens with zero attached hydrogens (tertiary/aromatic N) is 1. The number of hydrogen-bond acceptors (Lipinski definition) is 3. The SMILES string of the molecule is CCCNC1CC2CCC(C1)N2CCOCC(F)(F)F. The van der Waals surface area contributed by atoms with Gasteiger partial charge in [-0.2, -0.15) is 13.2 Å². The first-order valence-electron chi connectivity index (χ1n) is 7.63. The molecule has 0 amide bonds. The van der Waals surface area contributed by atoms with Gasteiger partial charge >= 0.3 is 6.18 Å². The van der Waals surface area contributed by atoms with Gasteiger partial charge in [0.1, 0.15) is 6.61 Å². The summed E-state index contributed by atoms with van der Waals surface area (Å²) in [6, 6.07) is 1.63. The normalized spacial score (nSPS) is 30.9. The lowest BCUT2D eigenvalue weighted by Gasteiger charge is -2.39. The maximum Gasteiger partial charge on any atom is 0.411 e. The minimum absolute atomic E-state index is 0.180. The molecule has 2 fully saturated rings. The van der Waals surface area contributed by atoms with Crippen LogP contribution in [-0.4, -0.2) is 55.5 Å². The Bertz CT molecular complexity index is 285.